The van der Waals surface area contributed by atoms with Gasteiger partial charge < -0.3 is 10.5 Å². The summed E-state index contributed by atoms with van der Waals surface area (Å²) in [5.41, 5.74) is 10.5. The Balaban J connectivity index is 2.19. The van der Waals surface area contributed by atoms with Crippen molar-refractivity contribution in [3.63, 3.8) is 0 Å². The van der Waals surface area contributed by atoms with Gasteiger partial charge in [0.05, 0.1) is 7.11 Å². The van der Waals surface area contributed by atoms with Crippen molar-refractivity contribution >= 4 is 16.5 Å². The Hall–Kier alpha value is -2.48. The van der Waals surface area contributed by atoms with Crippen LogP contribution in [0.5, 0.6) is 5.75 Å². The molecule has 0 aromatic heterocycles. The Bertz CT molecular complexity index is 777. The number of nitrogen functional groups attached to an aromatic ring is 1. The van der Waals surface area contributed by atoms with Gasteiger partial charge in [-0.2, -0.15) is 0 Å². The summed E-state index contributed by atoms with van der Waals surface area (Å²) in [6.45, 7) is 2.09. The van der Waals surface area contributed by atoms with Gasteiger partial charge in [-0.25, -0.2) is 0 Å². The normalized spacial score (nSPS) is 10.7. The predicted molar refractivity (Wildman–Crippen MR) is 85.1 cm³/mol. The van der Waals surface area contributed by atoms with E-state index in [1.807, 2.05) is 30.3 Å². The van der Waals surface area contributed by atoms with E-state index in [-0.39, 0.29) is 0 Å². The lowest BCUT2D eigenvalue weighted by Crippen LogP contribution is -1.91. The molecule has 0 radical (unpaired) electrons. The van der Waals surface area contributed by atoms with E-state index in [0.29, 0.717) is 0 Å². The third-order valence-electron chi connectivity index (χ3n) is 3.64. The Morgan fingerprint density at radius 2 is 1.75 bits per heavy atom. The average molecular weight is 263 g/mol. The molecule has 0 saturated heterocycles. The Kier molecular flexibility index (Phi) is 3.07. The standard InChI is InChI=1S/C18H17NO/c1-12-9-15(20-2)7-8-16(12)14-10-13-5-3-4-6-17(13)18(19)11-14/h3-11H,19H2,1-2H3. The maximum absolute atomic E-state index is 6.18. The molecule has 2 nitrogen and oxygen atoms in total. The van der Waals surface area contributed by atoms with E-state index in [9.17, 15) is 0 Å². The average Bonchev–Trinajstić information content (AvgIpc) is 2.47. The SMILES string of the molecule is COc1ccc(-c2cc(N)c3ccccc3c2)c(C)c1. The van der Waals surface area contributed by atoms with Gasteiger partial charge in [0, 0.05) is 11.1 Å². The molecular formula is C18H17NO. The molecule has 0 bridgehead atoms. The fourth-order valence-corrected chi connectivity index (χ4v) is 2.58. The fraction of sp³-hybridized carbons (Fsp3) is 0.111. The largest absolute Gasteiger partial charge is 0.497 e. The van der Waals surface area contributed by atoms with E-state index >= 15 is 0 Å². The molecular weight excluding hydrogens is 246 g/mol. The van der Waals surface area contributed by atoms with Gasteiger partial charge in [0.1, 0.15) is 5.75 Å². The summed E-state index contributed by atoms with van der Waals surface area (Å²) in [7, 11) is 1.68. The molecule has 0 saturated carbocycles. The summed E-state index contributed by atoms with van der Waals surface area (Å²) in [6, 6.07) is 18.5. The molecule has 100 valence electrons. The van der Waals surface area contributed by atoms with Crippen LogP contribution < -0.4 is 10.5 Å². The maximum atomic E-state index is 6.18. The van der Waals surface area contributed by atoms with Crippen molar-refractivity contribution in [2.45, 2.75) is 6.92 Å². The first-order chi connectivity index (χ1) is 9.69. The molecule has 0 fully saturated rings. The third-order valence-corrected chi connectivity index (χ3v) is 3.64. The molecule has 2 N–H and O–H groups in total. The van der Waals surface area contributed by atoms with Crippen molar-refractivity contribution in [3.8, 4) is 16.9 Å². The highest BCUT2D eigenvalue weighted by Crippen LogP contribution is 2.32. The Morgan fingerprint density at radius 1 is 0.950 bits per heavy atom. The molecule has 0 aliphatic rings. The first-order valence-electron chi connectivity index (χ1n) is 6.62. The van der Waals surface area contributed by atoms with E-state index in [2.05, 4.69) is 31.2 Å². The second-order valence-electron chi connectivity index (χ2n) is 4.97. The van der Waals surface area contributed by atoms with E-state index in [0.717, 1.165) is 27.8 Å². The zero-order chi connectivity index (χ0) is 14.1. The molecule has 20 heavy (non-hydrogen) atoms. The molecule has 0 heterocycles. The highest BCUT2D eigenvalue weighted by molar-refractivity contribution is 5.97. The zero-order valence-corrected chi connectivity index (χ0v) is 11.7. The minimum atomic E-state index is 0.813. The number of ether oxygens (including phenoxy) is 1. The molecule has 0 atom stereocenters. The quantitative estimate of drug-likeness (QED) is 0.695. The van der Waals surface area contributed by atoms with Crippen molar-refractivity contribution in [2.24, 2.45) is 0 Å². The van der Waals surface area contributed by atoms with Crippen LogP contribution in [0.25, 0.3) is 21.9 Å². The number of fused-ring (bicyclic) bond motifs is 1. The summed E-state index contributed by atoms with van der Waals surface area (Å²) < 4.78 is 5.26. The monoisotopic (exact) mass is 263 g/mol. The molecule has 0 amide bonds. The number of benzene rings is 3. The molecule has 3 rings (SSSR count). The first kappa shape index (κ1) is 12.5. The van der Waals surface area contributed by atoms with E-state index < -0.39 is 0 Å². The summed E-state index contributed by atoms with van der Waals surface area (Å²) in [5, 5.41) is 2.26. The zero-order valence-electron chi connectivity index (χ0n) is 11.7. The second kappa shape index (κ2) is 4.89. The highest BCUT2D eigenvalue weighted by Gasteiger charge is 2.06. The van der Waals surface area contributed by atoms with Crippen LogP contribution in [0.1, 0.15) is 5.56 Å². The smallest absolute Gasteiger partial charge is 0.119 e. The van der Waals surface area contributed by atoms with Gasteiger partial charge in [0.2, 0.25) is 0 Å². The number of hydrogen-bond acceptors (Lipinski definition) is 2. The van der Waals surface area contributed by atoms with E-state index in [1.54, 1.807) is 7.11 Å². The van der Waals surface area contributed by atoms with Crippen molar-refractivity contribution in [2.75, 3.05) is 12.8 Å². The van der Waals surface area contributed by atoms with Gasteiger partial charge in [0.25, 0.3) is 0 Å². The van der Waals surface area contributed by atoms with Crippen molar-refractivity contribution in [1.82, 2.24) is 0 Å². The number of rotatable bonds is 2. The molecule has 0 aliphatic heterocycles. The van der Waals surface area contributed by atoms with Crippen LogP contribution in [0.2, 0.25) is 0 Å². The van der Waals surface area contributed by atoms with Gasteiger partial charge in [-0.1, -0.05) is 30.3 Å². The van der Waals surface area contributed by atoms with Crippen LogP contribution in [-0.2, 0) is 0 Å². The lowest BCUT2D eigenvalue weighted by molar-refractivity contribution is 0.414. The maximum Gasteiger partial charge on any atom is 0.119 e. The van der Waals surface area contributed by atoms with Crippen LogP contribution in [-0.4, -0.2) is 7.11 Å². The molecule has 3 aromatic rings. The number of methoxy groups -OCH3 is 1. The van der Waals surface area contributed by atoms with Crippen molar-refractivity contribution in [1.29, 1.82) is 0 Å². The molecule has 0 spiro atoms. The molecule has 0 aliphatic carbocycles. The summed E-state index contributed by atoms with van der Waals surface area (Å²) in [4.78, 5) is 0. The lowest BCUT2D eigenvalue weighted by atomic mass is 9.96. The minimum absolute atomic E-state index is 0.813. The highest BCUT2D eigenvalue weighted by atomic mass is 16.5. The number of aryl methyl sites for hydroxylation is 1. The van der Waals surface area contributed by atoms with Gasteiger partial charge >= 0.3 is 0 Å². The van der Waals surface area contributed by atoms with Crippen LogP contribution >= 0.6 is 0 Å². The Labute approximate surface area is 118 Å². The van der Waals surface area contributed by atoms with E-state index in [4.69, 9.17) is 10.5 Å². The number of nitrogens with two attached hydrogens (primary N) is 1. The van der Waals surface area contributed by atoms with Crippen LogP contribution in [0, 0.1) is 6.92 Å². The van der Waals surface area contributed by atoms with Gasteiger partial charge in [0.15, 0.2) is 0 Å². The van der Waals surface area contributed by atoms with Crippen LogP contribution in [0.3, 0.4) is 0 Å². The van der Waals surface area contributed by atoms with Crippen LogP contribution in [0.4, 0.5) is 5.69 Å². The number of hydrogen-bond donors (Lipinski definition) is 1. The topological polar surface area (TPSA) is 35.2 Å². The van der Waals surface area contributed by atoms with Gasteiger partial charge in [-0.15, -0.1) is 0 Å². The summed E-state index contributed by atoms with van der Waals surface area (Å²) in [6.07, 6.45) is 0. The fourth-order valence-electron chi connectivity index (χ4n) is 2.58. The van der Waals surface area contributed by atoms with Crippen molar-refractivity contribution in [3.05, 3.63) is 60.2 Å². The summed E-state index contributed by atoms with van der Waals surface area (Å²) >= 11 is 0. The lowest BCUT2D eigenvalue weighted by Gasteiger charge is -2.11. The van der Waals surface area contributed by atoms with Crippen molar-refractivity contribution < 1.29 is 4.74 Å². The molecule has 2 heteroatoms. The first-order valence-corrected chi connectivity index (χ1v) is 6.62. The number of anilines is 1. The Morgan fingerprint density at radius 3 is 2.50 bits per heavy atom. The molecule has 0 unspecified atom stereocenters. The van der Waals surface area contributed by atoms with Crippen LogP contribution in [0.15, 0.2) is 54.6 Å². The molecule has 3 aromatic carbocycles. The van der Waals surface area contributed by atoms with Gasteiger partial charge in [-0.05, 0) is 53.3 Å². The second-order valence-corrected chi connectivity index (χ2v) is 4.97. The van der Waals surface area contributed by atoms with Gasteiger partial charge in [-0.3, -0.25) is 0 Å². The third kappa shape index (κ3) is 2.10. The summed E-state index contributed by atoms with van der Waals surface area (Å²) in [5.74, 6) is 0.875. The van der Waals surface area contributed by atoms with E-state index in [1.165, 1.54) is 11.1 Å². The predicted octanol–water partition coefficient (Wildman–Crippen LogP) is 4.41. The minimum Gasteiger partial charge on any atom is -0.497 e.